The summed E-state index contributed by atoms with van der Waals surface area (Å²) in [6.07, 6.45) is 0.929. The van der Waals surface area contributed by atoms with Gasteiger partial charge in [0.05, 0.1) is 14.2 Å². The van der Waals surface area contributed by atoms with Crippen molar-refractivity contribution in [3.8, 4) is 11.5 Å². The van der Waals surface area contributed by atoms with E-state index in [1.165, 1.54) is 5.56 Å². The molecule has 0 amide bonds. The van der Waals surface area contributed by atoms with Crippen LogP contribution in [-0.2, 0) is 11.2 Å². The molecule has 1 N–H and O–H groups in total. The fourth-order valence-corrected chi connectivity index (χ4v) is 2.06. The van der Waals surface area contributed by atoms with Crippen LogP contribution in [0.5, 0.6) is 11.5 Å². The van der Waals surface area contributed by atoms with Gasteiger partial charge in [0.15, 0.2) is 11.5 Å². The van der Waals surface area contributed by atoms with E-state index in [2.05, 4.69) is 5.32 Å². The van der Waals surface area contributed by atoms with Crippen molar-refractivity contribution in [3.63, 3.8) is 0 Å². The molecule has 16 heavy (non-hydrogen) atoms. The van der Waals surface area contributed by atoms with Gasteiger partial charge in [-0.3, -0.25) is 5.32 Å². The van der Waals surface area contributed by atoms with Gasteiger partial charge in [-0.05, 0) is 24.1 Å². The Balaban J connectivity index is 2.46. The van der Waals surface area contributed by atoms with E-state index < -0.39 is 0 Å². The van der Waals surface area contributed by atoms with Gasteiger partial charge in [0.25, 0.3) is 0 Å². The Morgan fingerprint density at radius 3 is 2.44 bits per heavy atom. The van der Waals surface area contributed by atoms with Gasteiger partial charge in [0.1, 0.15) is 6.23 Å². The Morgan fingerprint density at radius 2 is 1.81 bits per heavy atom. The third-order valence-electron chi connectivity index (χ3n) is 2.89. The Labute approximate surface area is 95.5 Å². The van der Waals surface area contributed by atoms with Gasteiger partial charge in [-0.1, -0.05) is 0 Å². The highest BCUT2D eigenvalue weighted by Crippen LogP contribution is 2.35. The molecular formula is C12H17NO3. The van der Waals surface area contributed by atoms with Gasteiger partial charge in [-0.2, -0.15) is 0 Å². The molecule has 0 radical (unpaired) electrons. The molecule has 4 heteroatoms. The molecule has 0 fully saturated rings. The summed E-state index contributed by atoms with van der Waals surface area (Å²) in [5.74, 6) is 1.52. The zero-order chi connectivity index (χ0) is 11.5. The molecular weight excluding hydrogens is 206 g/mol. The first-order chi connectivity index (χ1) is 7.80. The van der Waals surface area contributed by atoms with Crippen molar-refractivity contribution in [1.82, 2.24) is 5.32 Å². The van der Waals surface area contributed by atoms with Crippen LogP contribution in [0.4, 0.5) is 0 Å². The number of hydrogen-bond acceptors (Lipinski definition) is 4. The molecule has 0 bridgehead atoms. The van der Waals surface area contributed by atoms with Crippen molar-refractivity contribution < 1.29 is 14.2 Å². The SMILES string of the molecule is COc1cc2c(cc1OC)C(OC)NCC2. The summed E-state index contributed by atoms with van der Waals surface area (Å²) >= 11 is 0. The lowest BCUT2D eigenvalue weighted by molar-refractivity contribution is 0.0682. The summed E-state index contributed by atoms with van der Waals surface area (Å²) in [5.41, 5.74) is 2.38. The molecule has 1 aliphatic rings. The van der Waals surface area contributed by atoms with Crippen LogP contribution in [0.15, 0.2) is 12.1 Å². The van der Waals surface area contributed by atoms with Gasteiger partial charge in [0.2, 0.25) is 0 Å². The number of fused-ring (bicyclic) bond motifs is 1. The molecule has 1 heterocycles. The second-order valence-corrected chi connectivity index (χ2v) is 3.73. The van der Waals surface area contributed by atoms with Crippen LogP contribution >= 0.6 is 0 Å². The summed E-state index contributed by atoms with van der Waals surface area (Å²) in [7, 11) is 4.99. The summed E-state index contributed by atoms with van der Waals surface area (Å²) < 4.78 is 16.0. The first kappa shape index (κ1) is 11.2. The maximum Gasteiger partial charge on any atom is 0.161 e. The summed E-state index contributed by atoms with van der Waals surface area (Å²) in [4.78, 5) is 0. The van der Waals surface area contributed by atoms with E-state index in [1.807, 2.05) is 12.1 Å². The summed E-state index contributed by atoms with van der Waals surface area (Å²) in [6, 6.07) is 4.01. The molecule has 1 aliphatic heterocycles. The topological polar surface area (TPSA) is 39.7 Å². The van der Waals surface area contributed by atoms with Crippen LogP contribution in [0.2, 0.25) is 0 Å². The van der Waals surface area contributed by atoms with Gasteiger partial charge in [0, 0.05) is 19.2 Å². The van der Waals surface area contributed by atoms with Crippen LogP contribution in [0.25, 0.3) is 0 Å². The smallest absolute Gasteiger partial charge is 0.161 e. The van der Waals surface area contributed by atoms with Crippen molar-refractivity contribution in [2.75, 3.05) is 27.9 Å². The minimum atomic E-state index is -0.0523. The van der Waals surface area contributed by atoms with E-state index in [0.717, 1.165) is 30.0 Å². The van der Waals surface area contributed by atoms with Gasteiger partial charge in [-0.15, -0.1) is 0 Å². The standard InChI is InChI=1S/C12H17NO3/c1-14-10-6-8-4-5-13-12(16-3)9(8)7-11(10)15-2/h6-7,12-13H,4-5H2,1-3H3. The second kappa shape index (κ2) is 4.72. The van der Waals surface area contributed by atoms with Crippen molar-refractivity contribution in [3.05, 3.63) is 23.3 Å². The third-order valence-corrected chi connectivity index (χ3v) is 2.89. The first-order valence-corrected chi connectivity index (χ1v) is 5.31. The normalized spacial score (nSPS) is 19.1. The summed E-state index contributed by atoms with van der Waals surface area (Å²) in [6.45, 7) is 0.918. The number of nitrogens with one attached hydrogen (secondary N) is 1. The lowest BCUT2D eigenvalue weighted by Crippen LogP contribution is -2.30. The predicted octanol–water partition coefficient (Wildman–Crippen LogP) is 1.49. The molecule has 1 atom stereocenters. The zero-order valence-corrected chi connectivity index (χ0v) is 9.87. The molecule has 4 nitrogen and oxygen atoms in total. The van der Waals surface area contributed by atoms with E-state index in [-0.39, 0.29) is 6.23 Å². The molecule has 2 rings (SSSR count). The third kappa shape index (κ3) is 1.86. The molecule has 0 saturated heterocycles. The summed E-state index contributed by atoms with van der Waals surface area (Å²) in [5, 5.41) is 3.30. The van der Waals surface area contributed by atoms with Crippen LogP contribution in [0, 0.1) is 0 Å². The largest absolute Gasteiger partial charge is 0.493 e. The quantitative estimate of drug-likeness (QED) is 0.843. The number of benzene rings is 1. The average Bonchev–Trinajstić information content (AvgIpc) is 2.36. The van der Waals surface area contributed by atoms with E-state index in [4.69, 9.17) is 14.2 Å². The molecule has 0 spiro atoms. The number of ether oxygens (including phenoxy) is 3. The highest BCUT2D eigenvalue weighted by Gasteiger charge is 2.21. The zero-order valence-electron chi connectivity index (χ0n) is 9.87. The first-order valence-electron chi connectivity index (χ1n) is 5.31. The van der Waals surface area contributed by atoms with Crippen molar-refractivity contribution >= 4 is 0 Å². The Morgan fingerprint density at radius 1 is 1.12 bits per heavy atom. The Kier molecular flexibility index (Phi) is 3.31. The Bertz CT molecular complexity index is 379. The Hall–Kier alpha value is -1.26. The lowest BCUT2D eigenvalue weighted by Gasteiger charge is -2.26. The van der Waals surface area contributed by atoms with Crippen molar-refractivity contribution in [2.24, 2.45) is 0 Å². The fraction of sp³-hybridized carbons (Fsp3) is 0.500. The highest BCUT2D eigenvalue weighted by molar-refractivity contribution is 5.49. The molecule has 1 aromatic rings. The van der Waals surface area contributed by atoms with Crippen LogP contribution in [0.3, 0.4) is 0 Å². The van der Waals surface area contributed by atoms with Gasteiger partial charge >= 0.3 is 0 Å². The van der Waals surface area contributed by atoms with Crippen molar-refractivity contribution in [1.29, 1.82) is 0 Å². The van der Waals surface area contributed by atoms with Crippen LogP contribution < -0.4 is 14.8 Å². The number of rotatable bonds is 3. The van der Waals surface area contributed by atoms with E-state index >= 15 is 0 Å². The molecule has 1 unspecified atom stereocenters. The number of hydrogen-bond donors (Lipinski definition) is 1. The van der Waals surface area contributed by atoms with Crippen molar-refractivity contribution in [2.45, 2.75) is 12.6 Å². The molecule has 1 aromatic carbocycles. The maximum atomic E-state index is 5.38. The molecule has 0 aromatic heterocycles. The lowest BCUT2D eigenvalue weighted by atomic mass is 9.98. The monoisotopic (exact) mass is 223 g/mol. The minimum Gasteiger partial charge on any atom is -0.493 e. The van der Waals surface area contributed by atoms with Gasteiger partial charge < -0.3 is 14.2 Å². The minimum absolute atomic E-state index is 0.0523. The number of methoxy groups -OCH3 is 3. The van der Waals surface area contributed by atoms with Gasteiger partial charge in [-0.25, -0.2) is 0 Å². The molecule has 0 saturated carbocycles. The van der Waals surface area contributed by atoms with Crippen LogP contribution in [0.1, 0.15) is 17.4 Å². The fourth-order valence-electron chi connectivity index (χ4n) is 2.06. The van der Waals surface area contributed by atoms with E-state index in [9.17, 15) is 0 Å². The molecule has 0 aliphatic carbocycles. The molecule has 88 valence electrons. The maximum absolute atomic E-state index is 5.38. The van der Waals surface area contributed by atoms with E-state index in [0.29, 0.717) is 0 Å². The highest BCUT2D eigenvalue weighted by atomic mass is 16.5. The predicted molar refractivity (Wildman–Crippen MR) is 61.0 cm³/mol. The average molecular weight is 223 g/mol. The van der Waals surface area contributed by atoms with E-state index in [1.54, 1.807) is 21.3 Å². The second-order valence-electron chi connectivity index (χ2n) is 3.73. The van der Waals surface area contributed by atoms with Crippen LogP contribution in [-0.4, -0.2) is 27.9 Å².